The van der Waals surface area contributed by atoms with Gasteiger partial charge in [-0.25, -0.2) is 4.79 Å². The van der Waals surface area contributed by atoms with Crippen LogP contribution in [-0.2, 0) is 16.1 Å². The van der Waals surface area contributed by atoms with Crippen molar-refractivity contribution in [1.82, 2.24) is 4.90 Å². The van der Waals surface area contributed by atoms with Gasteiger partial charge >= 0.3 is 5.97 Å². The lowest BCUT2D eigenvalue weighted by atomic mass is 10.1. The van der Waals surface area contributed by atoms with Crippen LogP contribution in [0.1, 0.15) is 20.8 Å². The van der Waals surface area contributed by atoms with E-state index in [1.54, 1.807) is 7.05 Å². The number of carbonyl (C=O) groups excluding carboxylic acids is 2. The number of aryl methyl sites for hydroxylation is 1. The summed E-state index contributed by atoms with van der Waals surface area (Å²) < 4.78 is 17.4. The molecule has 3 aromatic rings. The van der Waals surface area contributed by atoms with E-state index in [1.165, 1.54) is 16.2 Å². The van der Waals surface area contributed by atoms with E-state index >= 15 is 0 Å². The molecule has 0 spiro atoms. The van der Waals surface area contributed by atoms with Crippen LogP contribution in [0.4, 0.5) is 0 Å². The van der Waals surface area contributed by atoms with E-state index in [1.807, 2.05) is 49.4 Å². The van der Waals surface area contributed by atoms with Crippen LogP contribution in [0.15, 0.2) is 42.5 Å². The van der Waals surface area contributed by atoms with Gasteiger partial charge in [0, 0.05) is 18.3 Å². The molecule has 6 nitrogen and oxygen atoms in total. The van der Waals surface area contributed by atoms with Crippen LogP contribution in [0.25, 0.3) is 10.1 Å². The van der Waals surface area contributed by atoms with Crippen molar-refractivity contribution in [2.45, 2.75) is 13.5 Å². The lowest BCUT2D eigenvalue weighted by molar-refractivity contribution is -0.133. The zero-order chi connectivity index (χ0) is 20.4. The number of benzene rings is 2. The van der Waals surface area contributed by atoms with E-state index in [-0.39, 0.29) is 12.5 Å². The molecular formula is C22H21NO5S. The summed E-state index contributed by atoms with van der Waals surface area (Å²) in [6.45, 7) is 3.03. The Hall–Kier alpha value is -3.06. The van der Waals surface area contributed by atoms with Crippen LogP contribution in [-0.4, -0.2) is 43.6 Å². The Balaban J connectivity index is 1.36. The molecule has 1 aliphatic rings. The molecule has 0 saturated heterocycles. The Kier molecular flexibility index (Phi) is 5.40. The van der Waals surface area contributed by atoms with Gasteiger partial charge < -0.3 is 19.1 Å². The zero-order valence-corrected chi connectivity index (χ0v) is 17.1. The van der Waals surface area contributed by atoms with E-state index in [4.69, 9.17) is 14.2 Å². The van der Waals surface area contributed by atoms with Crippen molar-refractivity contribution in [3.05, 3.63) is 58.5 Å². The predicted octanol–water partition coefficient (Wildman–Crippen LogP) is 3.80. The summed E-state index contributed by atoms with van der Waals surface area (Å²) >= 11 is 1.38. The summed E-state index contributed by atoms with van der Waals surface area (Å²) in [4.78, 5) is 27.0. The molecule has 1 amide bonds. The lowest BCUT2D eigenvalue weighted by Crippen LogP contribution is -2.30. The number of rotatable bonds is 5. The monoisotopic (exact) mass is 411 g/mol. The highest BCUT2D eigenvalue weighted by Gasteiger charge is 2.19. The van der Waals surface area contributed by atoms with E-state index < -0.39 is 5.97 Å². The van der Waals surface area contributed by atoms with E-state index in [9.17, 15) is 9.59 Å². The van der Waals surface area contributed by atoms with Crippen LogP contribution in [0.3, 0.4) is 0 Å². The predicted molar refractivity (Wildman–Crippen MR) is 111 cm³/mol. The molecule has 0 unspecified atom stereocenters. The van der Waals surface area contributed by atoms with Gasteiger partial charge in [-0.05, 0) is 41.6 Å². The third-order valence-corrected chi connectivity index (χ3v) is 6.06. The SMILES string of the molecule is Cc1c(C(=O)OCC(=O)N(C)Cc2ccc3c(c2)OCCO3)sc2ccccc12. The number of hydrogen-bond acceptors (Lipinski definition) is 6. The molecular weight excluding hydrogens is 390 g/mol. The number of thiophene rings is 1. The molecule has 7 heteroatoms. The molecule has 0 aliphatic carbocycles. The van der Waals surface area contributed by atoms with Crippen molar-refractivity contribution in [3.8, 4) is 11.5 Å². The Bertz CT molecular complexity index is 1070. The first kappa shape index (κ1) is 19.3. The summed E-state index contributed by atoms with van der Waals surface area (Å²) in [5.41, 5.74) is 1.80. The normalized spacial score (nSPS) is 12.6. The number of likely N-dealkylation sites (N-methyl/N-ethyl adjacent to an activating group) is 1. The van der Waals surface area contributed by atoms with Gasteiger partial charge in [0.05, 0.1) is 0 Å². The second kappa shape index (κ2) is 8.13. The molecule has 0 saturated carbocycles. The zero-order valence-electron chi connectivity index (χ0n) is 16.3. The first-order valence-electron chi connectivity index (χ1n) is 9.30. The molecule has 0 N–H and O–H groups in total. The third kappa shape index (κ3) is 4.05. The van der Waals surface area contributed by atoms with E-state index in [0.29, 0.717) is 36.1 Å². The van der Waals surface area contributed by atoms with Crippen molar-refractivity contribution in [3.63, 3.8) is 0 Å². The highest BCUT2D eigenvalue weighted by Crippen LogP contribution is 2.32. The largest absolute Gasteiger partial charge is 0.486 e. The number of esters is 1. The molecule has 29 heavy (non-hydrogen) atoms. The summed E-state index contributed by atoms with van der Waals surface area (Å²) in [6.07, 6.45) is 0. The quantitative estimate of drug-likeness (QED) is 0.598. The highest BCUT2D eigenvalue weighted by molar-refractivity contribution is 7.21. The van der Waals surface area contributed by atoms with Crippen molar-refractivity contribution < 1.29 is 23.8 Å². The molecule has 0 fully saturated rings. The van der Waals surface area contributed by atoms with Gasteiger partial charge in [-0.2, -0.15) is 0 Å². The molecule has 1 aromatic heterocycles. The van der Waals surface area contributed by atoms with Gasteiger partial charge in [0.2, 0.25) is 0 Å². The van der Waals surface area contributed by atoms with Crippen molar-refractivity contribution in [2.75, 3.05) is 26.9 Å². The van der Waals surface area contributed by atoms with Gasteiger partial charge in [0.1, 0.15) is 18.1 Å². The Morgan fingerprint density at radius 2 is 1.86 bits per heavy atom. The molecule has 2 heterocycles. The maximum absolute atomic E-state index is 12.5. The maximum Gasteiger partial charge on any atom is 0.349 e. The van der Waals surface area contributed by atoms with E-state index in [2.05, 4.69) is 0 Å². The standard InChI is InChI=1S/C22H21NO5S/c1-14-16-5-3-4-6-19(16)29-21(14)22(25)28-13-20(24)23(2)12-15-7-8-17-18(11-15)27-10-9-26-17/h3-8,11H,9-10,12-13H2,1-2H3. The van der Waals surface area contributed by atoms with Crippen molar-refractivity contribution >= 4 is 33.3 Å². The second-order valence-corrected chi connectivity index (χ2v) is 7.91. The van der Waals surface area contributed by atoms with E-state index in [0.717, 1.165) is 21.2 Å². The number of carbonyl (C=O) groups is 2. The van der Waals surface area contributed by atoms with Crippen LogP contribution in [0, 0.1) is 6.92 Å². The van der Waals surface area contributed by atoms with Gasteiger partial charge in [0.15, 0.2) is 18.1 Å². The molecule has 2 aromatic carbocycles. The van der Waals surface area contributed by atoms with Crippen LogP contribution < -0.4 is 9.47 Å². The van der Waals surface area contributed by atoms with Gasteiger partial charge in [-0.1, -0.05) is 24.3 Å². The fourth-order valence-corrected chi connectivity index (χ4v) is 4.32. The molecule has 150 valence electrons. The van der Waals surface area contributed by atoms with Crippen molar-refractivity contribution in [2.24, 2.45) is 0 Å². The first-order chi connectivity index (χ1) is 14.0. The number of fused-ring (bicyclic) bond motifs is 2. The first-order valence-corrected chi connectivity index (χ1v) is 10.1. The third-order valence-electron chi connectivity index (χ3n) is 4.81. The number of ether oxygens (including phenoxy) is 3. The van der Waals surface area contributed by atoms with Gasteiger partial charge in [-0.15, -0.1) is 11.3 Å². The van der Waals surface area contributed by atoms with Gasteiger partial charge in [0.25, 0.3) is 5.91 Å². The summed E-state index contributed by atoms with van der Waals surface area (Å²) in [7, 11) is 1.68. The minimum Gasteiger partial charge on any atom is -0.486 e. The van der Waals surface area contributed by atoms with Crippen molar-refractivity contribution in [1.29, 1.82) is 0 Å². The topological polar surface area (TPSA) is 65.1 Å². The Morgan fingerprint density at radius 3 is 2.66 bits per heavy atom. The minimum absolute atomic E-state index is 0.271. The number of hydrogen-bond donors (Lipinski definition) is 0. The molecule has 4 rings (SSSR count). The molecule has 0 bridgehead atoms. The lowest BCUT2D eigenvalue weighted by Gasteiger charge is -2.21. The molecule has 0 atom stereocenters. The van der Waals surface area contributed by atoms with Gasteiger partial charge in [-0.3, -0.25) is 4.79 Å². The fourth-order valence-electron chi connectivity index (χ4n) is 3.22. The van der Waals surface area contributed by atoms with Crippen LogP contribution >= 0.6 is 11.3 Å². The summed E-state index contributed by atoms with van der Waals surface area (Å²) in [6, 6.07) is 13.4. The average Bonchev–Trinajstić information content (AvgIpc) is 3.08. The number of nitrogens with zero attached hydrogens (tertiary/aromatic N) is 1. The Morgan fingerprint density at radius 1 is 1.10 bits per heavy atom. The Labute approximate surface area is 172 Å². The minimum atomic E-state index is -0.468. The molecule has 0 radical (unpaired) electrons. The van der Waals surface area contributed by atoms with Crippen LogP contribution in [0.2, 0.25) is 0 Å². The summed E-state index contributed by atoms with van der Waals surface area (Å²) in [5, 5.41) is 1.03. The maximum atomic E-state index is 12.5. The summed E-state index contributed by atoms with van der Waals surface area (Å²) in [5.74, 6) is 0.652. The van der Waals surface area contributed by atoms with Crippen LogP contribution in [0.5, 0.6) is 11.5 Å². The smallest absolute Gasteiger partial charge is 0.349 e. The fraction of sp³-hybridized carbons (Fsp3) is 0.273. The highest BCUT2D eigenvalue weighted by atomic mass is 32.1. The molecule has 1 aliphatic heterocycles. The number of amides is 1. The average molecular weight is 411 g/mol. The second-order valence-electron chi connectivity index (χ2n) is 6.86.